The Bertz CT molecular complexity index is 170. The molecule has 0 N–H and O–H groups in total. The predicted molar refractivity (Wildman–Crippen MR) is 46.3 cm³/mol. The van der Waals surface area contributed by atoms with Crippen LogP contribution in [0, 0.1) is 0 Å². The molecule has 0 saturated carbocycles. The summed E-state index contributed by atoms with van der Waals surface area (Å²) < 4.78 is 0. The SMILES string of the molecule is C=CC(=C)N=C(Cl)N(C)C. The molecule has 0 aromatic rings. The molecule has 0 fully saturated rings. The van der Waals surface area contributed by atoms with Gasteiger partial charge in [-0.2, -0.15) is 0 Å². The van der Waals surface area contributed by atoms with E-state index >= 15 is 0 Å². The molecule has 0 aliphatic rings. The maximum Gasteiger partial charge on any atom is 0.198 e. The highest BCUT2D eigenvalue weighted by atomic mass is 35.5. The molecule has 0 aliphatic carbocycles. The number of allylic oxidation sites excluding steroid dienone is 1. The third kappa shape index (κ3) is 3.30. The molecule has 0 amide bonds. The van der Waals surface area contributed by atoms with Gasteiger partial charge in [0, 0.05) is 14.1 Å². The fourth-order valence-electron chi connectivity index (χ4n) is 0.264. The molecule has 2 nitrogen and oxygen atoms in total. The summed E-state index contributed by atoms with van der Waals surface area (Å²) in [6.07, 6.45) is 1.55. The average molecular weight is 159 g/mol. The summed E-state index contributed by atoms with van der Waals surface area (Å²) in [5.41, 5.74) is 0.568. The first-order valence-corrected chi connectivity index (χ1v) is 3.18. The van der Waals surface area contributed by atoms with Crippen molar-refractivity contribution in [3.8, 4) is 0 Å². The second-order valence-electron chi connectivity index (χ2n) is 1.97. The number of nitrogens with zero attached hydrogens (tertiary/aromatic N) is 2. The van der Waals surface area contributed by atoms with Gasteiger partial charge in [-0.15, -0.1) is 0 Å². The summed E-state index contributed by atoms with van der Waals surface area (Å²) in [5.74, 6) is 0. The Labute approximate surface area is 66.5 Å². The monoisotopic (exact) mass is 158 g/mol. The van der Waals surface area contributed by atoms with Gasteiger partial charge in [-0.1, -0.05) is 13.2 Å². The Balaban J connectivity index is 4.16. The van der Waals surface area contributed by atoms with Crippen LogP contribution in [0.15, 0.2) is 29.9 Å². The molecule has 0 aromatic carbocycles. The van der Waals surface area contributed by atoms with E-state index in [2.05, 4.69) is 18.2 Å². The maximum absolute atomic E-state index is 5.66. The molecule has 10 heavy (non-hydrogen) atoms. The van der Waals surface area contributed by atoms with Crippen molar-refractivity contribution < 1.29 is 0 Å². The van der Waals surface area contributed by atoms with E-state index in [9.17, 15) is 0 Å². The first-order chi connectivity index (χ1) is 4.57. The molecule has 0 aliphatic heterocycles. The lowest BCUT2D eigenvalue weighted by atomic mass is 10.5. The van der Waals surface area contributed by atoms with E-state index in [-0.39, 0.29) is 0 Å². The minimum Gasteiger partial charge on any atom is -0.353 e. The van der Waals surface area contributed by atoms with Crippen LogP contribution in [0.5, 0.6) is 0 Å². The van der Waals surface area contributed by atoms with Crippen molar-refractivity contribution in [3.63, 3.8) is 0 Å². The van der Waals surface area contributed by atoms with E-state index < -0.39 is 0 Å². The van der Waals surface area contributed by atoms with Crippen LogP contribution in [0.4, 0.5) is 0 Å². The minimum absolute atomic E-state index is 0.407. The lowest BCUT2D eigenvalue weighted by molar-refractivity contribution is 0.634. The van der Waals surface area contributed by atoms with Gasteiger partial charge in [-0.05, 0) is 17.7 Å². The molecule has 0 rings (SSSR count). The van der Waals surface area contributed by atoms with Crippen LogP contribution in [0.2, 0.25) is 0 Å². The first-order valence-electron chi connectivity index (χ1n) is 2.80. The third-order valence-electron chi connectivity index (χ3n) is 0.841. The van der Waals surface area contributed by atoms with Gasteiger partial charge in [-0.25, -0.2) is 4.99 Å². The van der Waals surface area contributed by atoms with Gasteiger partial charge in [0.15, 0.2) is 5.29 Å². The molecule has 0 spiro atoms. The van der Waals surface area contributed by atoms with Crippen LogP contribution >= 0.6 is 11.6 Å². The van der Waals surface area contributed by atoms with E-state index in [4.69, 9.17) is 11.6 Å². The summed E-state index contributed by atoms with van der Waals surface area (Å²) in [5, 5.41) is 0.407. The Morgan fingerprint density at radius 2 is 2.10 bits per heavy atom. The van der Waals surface area contributed by atoms with Gasteiger partial charge in [0.1, 0.15) is 0 Å². The minimum atomic E-state index is 0.407. The fraction of sp³-hybridized carbons (Fsp3) is 0.286. The standard InChI is InChI=1S/C7H11ClN2/c1-5-6(2)9-7(8)10(3)4/h5H,1-2H2,3-4H3. The summed E-state index contributed by atoms with van der Waals surface area (Å²) in [6, 6.07) is 0. The zero-order valence-corrected chi connectivity index (χ0v) is 7.02. The van der Waals surface area contributed by atoms with Gasteiger partial charge in [-0.3, -0.25) is 0 Å². The Morgan fingerprint density at radius 3 is 2.40 bits per heavy atom. The molecule has 0 atom stereocenters. The van der Waals surface area contributed by atoms with Crippen molar-refractivity contribution in [1.82, 2.24) is 4.90 Å². The van der Waals surface area contributed by atoms with E-state index in [0.29, 0.717) is 11.0 Å². The highest BCUT2D eigenvalue weighted by Crippen LogP contribution is 1.98. The smallest absolute Gasteiger partial charge is 0.198 e. The van der Waals surface area contributed by atoms with Crippen LogP contribution in [-0.4, -0.2) is 24.3 Å². The summed E-state index contributed by atoms with van der Waals surface area (Å²) in [6.45, 7) is 7.07. The third-order valence-corrected chi connectivity index (χ3v) is 1.26. The van der Waals surface area contributed by atoms with E-state index in [1.165, 1.54) is 0 Å². The number of rotatable bonds is 2. The van der Waals surface area contributed by atoms with E-state index in [0.717, 1.165) is 0 Å². The first kappa shape index (κ1) is 9.24. The second-order valence-corrected chi connectivity index (χ2v) is 2.31. The molecular formula is C7H11ClN2. The Morgan fingerprint density at radius 1 is 1.60 bits per heavy atom. The van der Waals surface area contributed by atoms with Gasteiger partial charge in [0.05, 0.1) is 5.70 Å². The highest BCUT2D eigenvalue weighted by molar-refractivity contribution is 6.64. The second kappa shape index (κ2) is 4.12. The summed E-state index contributed by atoms with van der Waals surface area (Å²) in [4.78, 5) is 5.58. The molecule has 0 bridgehead atoms. The molecule has 0 radical (unpaired) electrons. The van der Waals surface area contributed by atoms with Crippen LogP contribution < -0.4 is 0 Å². The molecule has 56 valence electrons. The number of amidine groups is 1. The Hall–Kier alpha value is -0.760. The number of aliphatic imine (C=N–C) groups is 1. The van der Waals surface area contributed by atoms with Crippen molar-refractivity contribution >= 4 is 16.9 Å². The molecule has 0 heterocycles. The maximum atomic E-state index is 5.66. The summed E-state index contributed by atoms with van der Waals surface area (Å²) in [7, 11) is 3.62. The number of hydrogen-bond donors (Lipinski definition) is 0. The summed E-state index contributed by atoms with van der Waals surface area (Å²) >= 11 is 5.66. The van der Waals surface area contributed by atoms with Crippen molar-refractivity contribution in [1.29, 1.82) is 0 Å². The topological polar surface area (TPSA) is 15.6 Å². The van der Waals surface area contributed by atoms with E-state index in [1.807, 2.05) is 14.1 Å². The van der Waals surface area contributed by atoms with Gasteiger partial charge in [0.25, 0.3) is 0 Å². The van der Waals surface area contributed by atoms with Gasteiger partial charge < -0.3 is 4.90 Å². The molecular weight excluding hydrogens is 148 g/mol. The lowest BCUT2D eigenvalue weighted by Gasteiger charge is -2.07. The zero-order valence-electron chi connectivity index (χ0n) is 6.26. The van der Waals surface area contributed by atoms with Crippen molar-refractivity contribution in [2.45, 2.75) is 0 Å². The highest BCUT2D eigenvalue weighted by Gasteiger charge is 1.93. The van der Waals surface area contributed by atoms with Crippen molar-refractivity contribution in [2.75, 3.05) is 14.1 Å². The number of hydrogen-bond acceptors (Lipinski definition) is 1. The van der Waals surface area contributed by atoms with Crippen LogP contribution in [0.25, 0.3) is 0 Å². The number of halogens is 1. The molecule has 3 heteroatoms. The van der Waals surface area contributed by atoms with E-state index in [1.54, 1.807) is 11.0 Å². The fourth-order valence-corrected chi connectivity index (χ4v) is 0.373. The van der Waals surface area contributed by atoms with Crippen LogP contribution in [-0.2, 0) is 0 Å². The lowest BCUT2D eigenvalue weighted by Crippen LogP contribution is -2.15. The Kier molecular flexibility index (Phi) is 3.81. The van der Waals surface area contributed by atoms with Gasteiger partial charge >= 0.3 is 0 Å². The van der Waals surface area contributed by atoms with Crippen molar-refractivity contribution in [3.05, 3.63) is 24.9 Å². The quantitative estimate of drug-likeness (QED) is 0.259. The normalized spacial score (nSPS) is 10.9. The average Bonchev–Trinajstić information content (AvgIpc) is 1.87. The predicted octanol–water partition coefficient (Wildman–Crippen LogP) is 1.84. The molecule has 0 aromatic heterocycles. The van der Waals surface area contributed by atoms with Gasteiger partial charge in [0.2, 0.25) is 0 Å². The van der Waals surface area contributed by atoms with Crippen LogP contribution in [0.3, 0.4) is 0 Å². The molecule has 0 unspecified atom stereocenters. The van der Waals surface area contributed by atoms with Crippen molar-refractivity contribution in [2.24, 2.45) is 4.99 Å². The molecule has 0 saturated heterocycles. The van der Waals surface area contributed by atoms with Crippen LogP contribution in [0.1, 0.15) is 0 Å². The zero-order chi connectivity index (χ0) is 8.15. The largest absolute Gasteiger partial charge is 0.353 e.